The first-order chi connectivity index (χ1) is 16.0. The van der Waals surface area contributed by atoms with E-state index in [-0.39, 0.29) is 11.6 Å². The molecule has 34 heavy (non-hydrogen) atoms. The van der Waals surface area contributed by atoms with Crippen LogP contribution in [0.5, 0.6) is 0 Å². The SMILES string of the molecule is COCCN1CCn2c(C(C)(F)F)ccc2C12CCN(C(=O)c1ccc(C(C)(C)O)cc1)CC2. The van der Waals surface area contributed by atoms with Crippen LogP contribution >= 0.6 is 0 Å². The molecule has 6 nitrogen and oxygen atoms in total. The lowest BCUT2D eigenvalue weighted by atomic mass is 9.81. The third kappa shape index (κ3) is 4.51. The van der Waals surface area contributed by atoms with Crippen LogP contribution in [0.2, 0.25) is 0 Å². The Morgan fingerprint density at radius 2 is 1.68 bits per heavy atom. The van der Waals surface area contributed by atoms with Gasteiger partial charge in [0.05, 0.1) is 23.4 Å². The maximum absolute atomic E-state index is 14.3. The Morgan fingerprint density at radius 1 is 1.03 bits per heavy atom. The Balaban J connectivity index is 1.57. The maximum Gasteiger partial charge on any atom is 0.285 e. The summed E-state index contributed by atoms with van der Waals surface area (Å²) < 4.78 is 35.6. The van der Waals surface area contributed by atoms with E-state index in [9.17, 15) is 18.7 Å². The van der Waals surface area contributed by atoms with Crippen molar-refractivity contribution in [3.63, 3.8) is 0 Å². The van der Waals surface area contributed by atoms with Crippen molar-refractivity contribution in [2.45, 2.75) is 57.2 Å². The van der Waals surface area contributed by atoms with Crippen molar-refractivity contribution in [2.24, 2.45) is 0 Å². The number of rotatable bonds is 6. The van der Waals surface area contributed by atoms with Gasteiger partial charge in [0.2, 0.25) is 0 Å². The zero-order valence-corrected chi connectivity index (χ0v) is 20.5. The topological polar surface area (TPSA) is 57.9 Å². The third-order valence-electron chi connectivity index (χ3n) is 7.39. The Labute approximate surface area is 200 Å². The van der Waals surface area contributed by atoms with Gasteiger partial charge in [-0.1, -0.05) is 12.1 Å². The average molecular weight is 476 g/mol. The number of benzene rings is 1. The van der Waals surface area contributed by atoms with Crippen molar-refractivity contribution in [3.05, 3.63) is 58.9 Å². The molecule has 0 radical (unpaired) electrons. The molecule has 2 aliphatic rings. The second-order valence-corrected chi connectivity index (χ2v) is 10.1. The summed E-state index contributed by atoms with van der Waals surface area (Å²) in [7, 11) is 1.67. The smallest absolute Gasteiger partial charge is 0.285 e. The van der Waals surface area contributed by atoms with E-state index in [2.05, 4.69) is 4.90 Å². The number of alkyl halides is 2. The fourth-order valence-corrected chi connectivity index (χ4v) is 5.48. The number of hydrogen-bond donors (Lipinski definition) is 1. The highest BCUT2D eigenvalue weighted by atomic mass is 19.3. The van der Waals surface area contributed by atoms with E-state index in [1.54, 1.807) is 55.9 Å². The van der Waals surface area contributed by atoms with E-state index in [1.807, 2.05) is 11.0 Å². The number of amides is 1. The molecule has 0 bridgehead atoms. The van der Waals surface area contributed by atoms with Crippen molar-refractivity contribution in [3.8, 4) is 0 Å². The zero-order chi connectivity index (χ0) is 24.7. The Kier molecular flexibility index (Phi) is 6.61. The molecule has 1 aromatic carbocycles. The van der Waals surface area contributed by atoms with Crippen LogP contribution in [0.15, 0.2) is 36.4 Å². The summed E-state index contributed by atoms with van der Waals surface area (Å²) in [5.41, 5.74) is 0.935. The fourth-order valence-electron chi connectivity index (χ4n) is 5.48. The first-order valence-electron chi connectivity index (χ1n) is 11.9. The van der Waals surface area contributed by atoms with E-state index in [0.29, 0.717) is 57.7 Å². The number of piperidine rings is 1. The Hall–Kier alpha value is -2.29. The van der Waals surface area contributed by atoms with Crippen LogP contribution in [0.3, 0.4) is 0 Å². The van der Waals surface area contributed by atoms with Crippen LogP contribution in [0.1, 0.15) is 60.9 Å². The zero-order valence-electron chi connectivity index (χ0n) is 20.5. The molecule has 1 fully saturated rings. The van der Waals surface area contributed by atoms with Crippen molar-refractivity contribution in [2.75, 3.05) is 39.9 Å². The van der Waals surface area contributed by atoms with Gasteiger partial charge in [0.1, 0.15) is 0 Å². The second-order valence-electron chi connectivity index (χ2n) is 10.1. The predicted molar refractivity (Wildman–Crippen MR) is 126 cm³/mol. The number of fused-ring (bicyclic) bond motifs is 2. The van der Waals surface area contributed by atoms with E-state index in [1.165, 1.54) is 0 Å². The summed E-state index contributed by atoms with van der Waals surface area (Å²) in [5.74, 6) is -2.95. The van der Waals surface area contributed by atoms with Gasteiger partial charge < -0.3 is 19.3 Å². The predicted octanol–water partition coefficient (Wildman–Crippen LogP) is 3.92. The lowest BCUT2D eigenvalue weighted by Gasteiger charge is -2.52. The minimum Gasteiger partial charge on any atom is -0.386 e. The summed E-state index contributed by atoms with van der Waals surface area (Å²) in [5, 5.41) is 10.2. The minimum atomic E-state index is -2.90. The highest BCUT2D eigenvalue weighted by Gasteiger charge is 2.47. The standard InChI is InChI=1S/C26H35F2N3O3/c1-24(2,33)20-7-5-19(6-8-20)23(32)29-13-11-26(12-14-29)22-10-9-21(25(3,27)28)31(22)16-15-30(26)17-18-34-4/h5-10,33H,11-18H2,1-4H3. The van der Waals surface area contributed by atoms with Gasteiger partial charge in [0, 0.05) is 58.0 Å². The highest BCUT2D eigenvalue weighted by molar-refractivity contribution is 5.94. The number of carbonyl (C=O) groups is 1. The van der Waals surface area contributed by atoms with E-state index < -0.39 is 17.1 Å². The molecular formula is C26H35F2N3O3. The molecule has 2 aliphatic heterocycles. The molecule has 8 heteroatoms. The first-order valence-corrected chi connectivity index (χ1v) is 11.9. The molecule has 1 N–H and O–H groups in total. The molecule has 0 saturated carbocycles. The number of halogens is 2. The van der Waals surface area contributed by atoms with Gasteiger partial charge in [-0.3, -0.25) is 9.69 Å². The lowest BCUT2D eigenvalue weighted by Crippen LogP contribution is -2.58. The fraction of sp³-hybridized carbons (Fsp3) is 0.577. The molecule has 1 aromatic heterocycles. The quantitative estimate of drug-likeness (QED) is 0.688. The summed E-state index contributed by atoms with van der Waals surface area (Å²) in [4.78, 5) is 17.4. The van der Waals surface area contributed by atoms with Gasteiger partial charge in [0.25, 0.3) is 11.8 Å². The first kappa shape index (κ1) is 24.8. The van der Waals surface area contributed by atoms with Crippen molar-refractivity contribution < 1.29 is 23.4 Å². The van der Waals surface area contributed by atoms with Gasteiger partial charge in [-0.15, -0.1) is 0 Å². The number of likely N-dealkylation sites (tertiary alicyclic amines) is 1. The number of carbonyl (C=O) groups excluding carboxylic acids is 1. The molecule has 0 atom stereocenters. The lowest BCUT2D eigenvalue weighted by molar-refractivity contribution is -0.0248. The summed E-state index contributed by atoms with van der Waals surface area (Å²) in [6.07, 6.45) is 1.34. The number of nitrogens with zero attached hydrogens (tertiary/aromatic N) is 3. The second kappa shape index (κ2) is 9.06. The van der Waals surface area contributed by atoms with Crippen molar-refractivity contribution in [1.29, 1.82) is 0 Å². The van der Waals surface area contributed by atoms with Crippen molar-refractivity contribution >= 4 is 5.91 Å². The summed E-state index contributed by atoms with van der Waals surface area (Å²) in [6, 6.07) is 10.5. The van der Waals surface area contributed by atoms with E-state index >= 15 is 0 Å². The third-order valence-corrected chi connectivity index (χ3v) is 7.39. The van der Waals surface area contributed by atoms with Crippen LogP contribution < -0.4 is 0 Å². The molecular weight excluding hydrogens is 440 g/mol. The molecule has 0 unspecified atom stereocenters. The molecule has 0 aliphatic carbocycles. The summed E-state index contributed by atoms with van der Waals surface area (Å²) >= 11 is 0. The molecule has 186 valence electrons. The van der Waals surface area contributed by atoms with Gasteiger partial charge in [-0.2, -0.15) is 0 Å². The molecule has 1 spiro atoms. The Morgan fingerprint density at radius 3 is 2.24 bits per heavy atom. The van der Waals surface area contributed by atoms with E-state index in [0.717, 1.165) is 18.2 Å². The van der Waals surface area contributed by atoms with Gasteiger partial charge in [0.15, 0.2) is 0 Å². The molecule has 1 amide bonds. The van der Waals surface area contributed by atoms with Crippen LogP contribution in [0.25, 0.3) is 0 Å². The Bertz CT molecular complexity index is 1010. The summed E-state index contributed by atoms with van der Waals surface area (Å²) in [6.45, 7) is 7.91. The monoisotopic (exact) mass is 475 g/mol. The molecule has 4 rings (SSSR count). The van der Waals surface area contributed by atoms with Crippen LogP contribution in [0.4, 0.5) is 8.78 Å². The highest BCUT2D eigenvalue weighted by Crippen LogP contribution is 2.44. The number of aromatic nitrogens is 1. The van der Waals surface area contributed by atoms with Gasteiger partial charge in [-0.25, -0.2) is 8.78 Å². The largest absolute Gasteiger partial charge is 0.386 e. The van der Waals surface area contributed by atoms with Crippen LogP contribution in [-0.4, -0.2) is 65.3 Å². The normalized spacial score (nSPS) is 18.9. The minimum absolute atomic E-state index is 0.0486. The van der Waals surface area contributed by atoms with Crippen LogP contribution in [0, 0.1) is 0 Å². The number of ether oxygens (including phenoxy) is 1. The molecule has 3 heterocycles. The van der Waals surface area contributed by atoms with E-state index in [4.69, 9.17) is 4.74 Å². The van der Waals surface area contributed by atoms with Crippen LogP contribution in [-0.2, 0) is 28.3 Å². The maximum atomic E-state index is 14.3. The van der Waals surface area contributed by atoms with Crippen molar-refractivity contribution in [1.82, 2.24) is 14.4 Å². The molecule has 2 aromatic rings. The van der Waals surface area contributed by atoms with Gasteiger partial charge in [-0.05, 0) is 56.5 Å². The number of hydrogen-bond acceptors (Lipinski definition) is 4. The number of methoxy groups -OCH3 is 1. The molecule has 1 saturated heterocycles. The number of aliphatic hydroxyl groups is 1. The average Bonchev–Trinajstić information content (AvgIpc) is 3.24. The van der Waals surface area contributed by atoms with Gasteiger partial charge >= 0.3 is 0 Å².